The Morgan fingerprint density at radius 1 is 1.48 bits per heavy atom. The fraction of sp³-hybridized carbons (Fsp3) is 0.438. The molecule has 4 nitrogen and oxygen atoms in total. The number of alkyl carbamates (subject to hydrolysis) is 1. The summed E-state index contributed by atoms with van der Waals surface area (Å²) in [5.41, 5.74) is -0.220. The fourth-order valence-electron chi connectivity index (χ4n) is 2.35. The fourth-order valence-corrected chi connectivity index (χ4v) is 2.54. The molecular weight excluding hydrogens is 290 g/mol. The lowest BCUT2D eigenvalue weighted by molar-refractivity contribution is 0.0503. The van der Waals surface area contributed by atoms with Crippen LogP contribution in [-0.2, 0) is 4.74 Å². The van der Waals surface area contributed by atoms with Crippen LogP contribution in [0.2, 0.25) is 5.02 Å². The lowest BCUT2D eigenvalue weighted by Crippen LogP contribution is -2.42. The molecule has 21 heavy (non-hydrogen) atoms. The number of amides is 1. The van der Waals surface area contributed by atoms with E-state index in [-0.39, 0.29) is 6.04 Å². The summed E-state index contributed by atoms with van der Waals surface area (Å²) < 4.78 is 4.57. The lowest BCUT2D eigenvalue weighted by atomic mass is 9.82. The van der Waals surface area contributed by atoms with Crippen LogP contribution in [0.1, 0.15) is 31.2 Å². The van der Waals surface area contributed by atoms with Crippen LogP contribution in [0.15, 0.2) is 24.3 Å². The minimum atomic E-state index is -1.00. The van der Waals surface area contributed by atoms with Gasteiger partial charge < -0.3 is 15.2 Å². The first-order valence-electron chi connectivity index (χ1n) is 6.86. The highest BCUT2D eigenvalue weighted by Gasteiger charge is 2.32. The van der Waals surface area contributed by atoms with Gasteiger partial charge in [0.1, 0.15) is 5.60 Å². The Morgan fingerprint density at radius 3 is 2.81 bits per heavy atom. The van der Waals surface area contributed by atoms with Crippen molar-refractivity contribution in [3.63, 3.8) is 0 Å². The third-order valence-electron chi connectivity index (χ3n) is 3.58. The third kappa shape index (κ3) is 4.66. The maximum atomic E-state index is 11.1. The van der Waals surface area contributed by atoms with E-state index in [0.717, 1.165) is 5.56 Å². The molecule has 5 heteroatoms. The molecule has 0 radical (unpaired) electrons. The van der Waals surface area contributed by atoms with Crippen LogP contribution in [0.4, 0.5) is 4.79 Å². The van der Waals surface area contributed by atoms with Crippen LogP contribution in [0.3, 0.4) is 0 Å². The smallest absolute Gasteiger partial charge is 0.407 e. The molecule has 0 aromatic heterocycles. The molecule has 1 saturated carbocycles. The number of ether oxygens (including phenoxy) is 1. The molecule has 0 saturated heterocycles. The molecular formula is C16H18ClNO3. The van der Waals surface area contributed by atoms with E-state index in [0.29, 0.717) is 30.7 Å². The van der Waals surface area contributed by atoms with Crippen molar-refractivity contribution in [2.45, 2.75) is 37.3 Å². The summed E-state index contributed by atoms with van der Waals surface area (Å²) in [6.07, 6.45) is 1.96. The van der Waals surface area contributed by atoms with Gasteiger partial charge in [-0.2, -0.15) is 0 Å². The Morgan fingerprint density at radius 2 is 2.19 bits per heavy atom. The van der Waals surface area contributed by atoms with Gasteiger partial charge in [-0.1, -0.05) is 29.5 Å². The van der Waals surface area contributed by atoms with E-state index in [1.54, 1.807) is 12.1 Å². The Hall–Kier alpha value is -1.70. The van der Waals surface area contributed by atoms with Crippen molar-refractivity contribution in [1.82, 2.24) is 5.32 Å². The van der Waals surface area contributed by atoms with Gasteiger partial charge in [0.15, 0.2) is 0 Å². The van der Waals surface area contributed by atoms with Gasteiger partial charge in [-0.25, -0.2) is 4.79 Å². The standard InChI is InChI=1S/C16H18ClNO3/c1-21-15(19)18-14-6-9-16(20,10-7-14)8-5-12-3-2-4-13(17)11-12/h2-4,11,14,20H,6-7,9-10H2,1H3,(H,18,19). The Balaban J connectivity index is 1.95. The Labute approximate surface area is 129 Å². The molecule has 0 spiro atoms. The molecule has 1 amide bonds. The van der Waals surface area contributed by atoms with Crippen LogP contribution < -0.4 is 5.32 Å². The zero-order valence-corrected chi connectivity index (χ0v) is 12.6. The largest absolute Gasteiger partial charge is 0.453 e. The van der Waals surface area contributed by atoms with Gasteiger partial charge in [0.05, 0.1) is 7.11 Å². The van der Waals surface area contributed by atoms with Gasteiger partial charge in [0, 0.05) is 16.6 Å². The van der Waals surface area contributed by atoms with E-state index in [1.165, 1.54) is 7.11 Å². The van der Waals surface area contributed by atoms with Gasteiger partial charge in [0.2, 0.25) is 0 Å². The molecule has 2 rings (SSSR count). The summed E-state index contributed by atoms with van der Waals surface area (Å²) >= 11 is 5.90. The van der Waals surface area contributed by atoms with Gasteiger partial charge >= 0.3 is 6.09 Å². The summed E-state index contributed by atoms with van der Waals surface area (Å²) in [6.45, 7) is 0. The molecule has 1 aromatic rings. The number of hydrogen-bond donors (Lipinski definition) is 2. The summed E-state index contributed by atoms with van der Waals surface area (Å²) in [5.74, 6) is 5.90. The maximum Gasteiger partial charge on any atom is 0.407 e. The number of hydrogen-bond acceptors (Lipinski definition) is 3. The molecule has 0 heterocycles. The second-order valence-corrected chi connectivity index (χ2v) is 5.64. The van der Waals surface area contributed by atoms with E-state index in [2.05, 4.69) is 21.9 Å². The van der Waals surface area contributed by atoms with Crippen LogP contribution >= 0.6 is 11.6 Å². The predicted molar refractivity (Wildman–Crippen MR) is 81.1 cm³/mol. The second kappa shape index (κ2) is 6.84. The topological polar surface area (TPSA) is 58.6 Å². The first-order valence-corrected chi connectivity index (χ1v) is 7.24. The van der Waals surface area contributed by atoms with Crippen molar-refractivity contribution in [2.24, 2.45) is 0 Å². The second-order valence-electron chi connectivity index (χ2n) is 5.20. The first-order chi connectivity index (χ1) is 10.0. The number of aliphatic hydroxyl groups is 1. The highest BCUT2D eigenvalue weighted by molar-refractivity contribution is 6.30. The molecule has 1 fully saturated rings. The highest BCUT2D eigenvalue weighted by Crippen LogP contribution is 2.28. The van der Waals surface area contributed by atoms with Crippen molar-refractivity contribution in [3.8, 4) is 11.8 Å². The summed E-state index contributed by atoms with van der Waals surface area (Å²) in [5, 5.41) is 13.8. The Kier molecular flexibility index (Phi) is 5.11. The molecule has 112 valence electrons. The van der Waals surface area contributed by atoms with E-state index in [4.69, 9.17) is 11.6 Å². The van der Waals surface area contributed by atoms with Gasteiger partial charge in [0.25, 0.3) is 0 Å². The zero-order chi connectivity index (χ0) is 15.3. The number of nitrogens with one attached hydrogen (secondary N) is 1. The van der Waals surface area contributed by atoms with Gasteiger partial charge in [-0.05, 0) is 43.9 Å². The van der Waals surface area contributed by atoms with E-state index < -0.39 is 11.7 Å². The van der Waals surface area contributed by atoms with Crippen molar-refractivity contribution < 1.29 is 14.6 Å². The molecule has 1 aliphatic carbocycles. The Bertz CT molecular complexity index is 568. The maximum absolute atomic E-state index is 11.1. The summed E-state index contributed by atoms with van der Waals surface area (Å²) in [7, 11) is 1.34. The van der Waals surface area contributed by atoms with E-state index in [1.807, 2.05) is 12.1 Å². The number of rotatable bonds is 1. The first kappa shape index (κ1) is 15.7. The molecule has 1 aromatic carbocycles. The highest BCUT2D eigenvalue weighted by atomic mass is 35.5. The number of halogens is 1. The SMILES string of the molecule is COC(=O)NC1CCC(O)(C#Cc2cccc(Cl)c2)CC1. The van der Waals surface area contributed by atoms with Crippen LogP contribution in [-0.4, -0.2) is 30.0 Å². The monoisotopic (exact) mass is 307 g/mol. The number of methoxy groups -OCH3 is 1. The average molecular weight is 308 g/mol. The quantitative estimate of drug-likeness (QED) is 0.784. The summed E-state index contributed by atoms with van der Waals surface area (Å²) in [4.78, 5) is 11.1. The molecule has 2 N–H and O–H groups in total. The van der Waals surface area contributed by atoms with Crippen molar-refractivity contribution in [1.29, 1.82) is 0 Å². The number of carbonyl (C=O) groups excluding carboxylic acids is 1. The minimum absolute atomic E-state index is 0.0331. The van der Waals surface area contributed by atoms with Crippen LogP contribution in [0.5, 0.6) is 0 Å². The predicted octanol–water partition coefficient (Wildman–Crippen LogP) is 2.72. The third-order valence-corrected chi connectivity index (χ3v) is 3.82. The van der Waals surface area contributed by atoms with Crippen molar-refractivity contribution in [2.75, 3.05) is 7.11 Å². The molecule has 0 unspecified atom stereocenters. The van der Waals surface area contributed by atoms with Gasteiger partial charge in [-0.15, -0.1) is 0 Å². The number of carbonyl (C=O) groups is 1. The normalized spacial score (nSPS) is 24.6. The average Bonchev–Trinajstić information content (AvgIpc) is 2.48. The van der Waals surface area contributed by atoms with Crippen molar-refractivity contribution in [3.05, 3.63) is 34.9 Å². The summed E-state index contributed by atoms with van der Waals surface area (Å²) in [6, 6.07) is 7.26. The molecule has 0 atom stereocenters. The lowest BCUT2D eigenvalue weighted by Gasteiger charge is -2.32. The number of benzene rings is 1. The molecule has 0 bridgehead atoms. The van der Waals surface area contributed by atoms with E-state index >= 15 is 0 Å². The van der Waals surface area contributed by atoms with Gasteiger partial charge in [-0.3, -0.25) is 0 Å². The van der Waals surface area contributed by atoms with E-state index in [9.17, 15) is 9.90 Å². The zero-order valence-electron chi connectivity index (χ0n) is 11.9. The molecule has 0 aliphatic heterocycles. The van der Waals surface area contributed by atoms with Crippen LogP contribution in [0.25, 0.3) is 0 Å². The minimum Gasteiger partial charge on any atom is -0.453 e. The van der Waals surface area contributed by atoms with Crippen molar-refractivity contribution >= 4 is 17.7 Å². The van der Waals surface area contributed by atoms with Crippen LogP contribution in [0, 0.1) is 11.8 Å². The molecule has 1 aliphatic rings.